The summed E-state index contributed by atoms with van der Waals surface area (Å²) >= 11 is 0. The van der Waals surface area contributed by atoms with Crippen molar-refractivity contribution in [1.82, 2.24) is 0 Å². The van der Waals surface area contributed by atoms with Crippen molar-refractivity contribution in [3.8, 4) is 5.75 Å². The van der Waals surface area contributed by atoms with Crippen LogP contribution in [0.25, 0.3) is 0 Å². The number of anilines is 1. The second-order valence-corrected chi connectivity index (χ2v) is 2.33. The second-order valence-electron chi connectivity index (χ2n) is 2.33. The number of halogens is 1. The highest BCUT2D eigenvalue weighted by Gasteiger charge is 2.02. The van der Waals surface area contributed by atoms with Gasteiger partial charge in [-0.25, -0.2) is 4.39 Å². The first kappa shape index (κ1) is 8.84. The van der Waals surface area contributed by atoms with E-state index in [0.717, 1.165) is 5.69 Å². The van der Waals surface area contributed by atoms with Crippen molar-refractivity contribution >= 4 is 5.69 Å². The van der Waals surface area contributed by atoms with Crippen LogP contribution in [0.3, 0.4) is 0 Å². The topological polar surface area (TPSA) is 21.3 Å². The lowest BCUT2D eigenvalue weighted by Gasteiger charge is -2.05. The van der Waals surface area contributed by atoms with Crippen molar-refractivity contribution < 1.29 is 9.13 Å². The van der Waals surface area contributed by atoms with E-state index in [-0.39, 0.29) is 5.82 Å². The fourth-order valence-corrected chi connectivity index (χ4v) is 0.929. The molecule has 0 spiro atoms. The van der Waals surface area contributed by atoms with E-state index in [0.29, 0.717) is 12.4 Å². The van der Waals surface area contributed by atoms with Gasteiger partial charge < -0.3 is 10.1 Å². The van der Waals surface area contributed by atoms with Gasteiger partial charge in [0.25, 0.3) is 0 Å². The Morgan fingerprint density at radius 3 is 2.75 bits per heavy atom. The Labute approximate surface area is 71.4 Å². The fourth-order valence-electron chi connectivity index (χ4n) is 0.929. The van der Waals surface area contributed by atoms with Crippen LogP contribution in [0.2, 0.25) is 0 Å². The van der Waals surface area contributed by atoms with E-state index in [2.05, 4.69) is 5.32 Å². The van der Waals surface area contributed by atoms with Gasteiger partial charge in [0.05, 0.1) is 6.61 Å². The van der Waals surface area contributed by atoms with Crippen LogP contribution < -0.4 is 10.1 Å². The third-order valence-corrected chi connectivity index (χ3v) is 1.52. The molecule has 0 atom stereocenters. The van der Waals surface area contributed by atoms with Crippen LogP contribution in [0.1, 0.15) is 6.92 Å². The number of nitrogens with one attached hydrogen (secondary N) is 1. The van der Waals surface area contributed by atoms with Crippen LogP contribution in [0, 0.1) is 5.82 Å². The van der Waals surface area contributed by atoms with Gasteiger partial charge in [0.1, 0.15) is 0 Å². The number of hydrogen-bond donors (Lipinski definition) is 1. The molecule has 1 rings (SSSR count). The Bertz CT molecular complexity index is 263. The first-order chi connectivity index (χ1) is 5.77. The lowest BCUT2D eigenvalue weighted by Crippen LogP contribution is -1.95. The molecule has 0 radical (unpaired) electrons. The summed E-state index contributed by atoms with van der Waals surface area (Å²) in [4.78, 5) is 0. The molecule has 3 heteroatoms. The molecule has 0 aromatic heterocycles. The molecule has 0 saturated heterocycles. The average molecular weight is 169 g/mol. The van der Waals surface area contributed by atoms with Crippen molar-refractivity contribution in [3.05, 3.63) is 24.0 Å². The first-order valence-electron chi connectivity index (χ1n) is 3.88. The van der Waals surface area contributed by atoms with Gasteiger partial charge in [0.2, 0.25) is 0 Å². The van der Waals surface area contributed by atoms with Gasteiger partial charge in [-0.05, 0) is 19.1 Å². The maximum Gasteiger partial charge on any atom is 0.167 e. The maximum absolute atomic E-state index is 13.1. The van der Waals surface area contributed by atoms with E-state index in [9.17, 15) is 4.39 Å². The van der Waals surface area contributed by atoms with Crippen LogP contribution in [0.4, 0.5) is 10.1 Å². The molecule has 0 bridgehead atoms. The molecule has 0 saturated carbocycles. The number of hydrogen-bond acceptors (Lipinski definition) is 2. The summed E-state index contributed by atoms with van der Waals surface area (Å²) < 4.78 is 18.1. The largest absolute Gasteiger partial charge is 0.491 e. The highest BCUT2D eigenvalue weighted by molar-refractivity contribution is 5.46. The Morgan fingerprint density at radius 2 is 2.25 bits per heavy atom. The fraction of sp³-hybridized carbons (Fsp3) is 0.333. The zero-order valence-corrected chi connectivity index (χ0v) is 7.23. The maximum atomic E-state index is 13.1. The van der Waals surface area contributed by atoms with Gasteiger partial charge in [0.15, 0.2) is 11.6 Å². The van der Waals surface area contributed by atoms with Gasteiger partial charge in [-0.1, -0.05) is 0 Å². The predicted octanol–water partition coefficient (Wildman–Crippen LogP) is 2.27. The molecule has 0 aliphatic heterocycles. The van der Waals surface area contributed by atoms with Gasteiger partial charge in [-0.3, -0.25) is 0 Å². The minimum Gasteiger partial charge on any atom is -0.491 e. The Hall–Kier alpha value is -1.25. The quantitative estimate of drug-likeness (QED) is 0.749. The summed E-state index contributed by atoms with van der Waals surface area (Å²) in [6, 6.07) is 4.80. The van der Waals surface area contributed by atoms with Gasteiger partial charge >= 0.3 is 0 Å². The van der Waals surface area contributed by atoms with Gasteiger partial charge in [-0.2, -0.15) is 0 Å². The molecular formula is C9H12FNO. The average Bonchev–Trinajstić information content (AvgIpc) is 2.09. The van der Waals surface area contributed by atoms with Crippen LogP contribution in [-0.4, -0.2) is 13.7 Å². The second kappa shape index (κ2) is 3.95. The third kappa shape index (κ3) is 1.87. The molecule has 0 unspecified atom stereocenters. The molecule has 0 amide bonds. The Balaban J connectivity index is 2.87. The zero-order valence-electron chi connectivity index (χ0n) is 7.23. The SMILES string of the molecule is CCOc1ccc(NC)cc1F. The molecule has 12 heavy (non-hydrogen) atoms. The molecule has 1 aromatic carbocycles. The molecular weight excluding hydrogens is 157 g/mol. The highest BCUT2D eigenvalue weighted by Crippen LogP contribution is 2.20. The summed E-state index contributed by atoms with van der Waals surface area (Å²) in [7, 11) is 1.75. The monoisotopic (exact) mass is 169 g/mol. The van der Waals surface area contributed by atoms with E-state index >= 15 is 0 Å². The molecule has 2 nitrogen and oxygen atoms in total. The lowest BCUT2D eigenvalue weighted by molar-refractivity contribution is 0.321. The predicted molar refractivity (Wildman–Crippen MR) is 47.1 cm³/mol. The first-order valence-corrected chi connectivity index (χ1v) is 3.88. The number of benzene rings is 1. The molecule has 66 valence electrons. The van der Waals surface area contributed by atoms with E-state index < -0.39 is 0 Å². The molecule has 0 fully saturated rings. The molecule has 1 aromatic rings. The highest BCUT2D eigenvalue weighted by atomic mass is 19.1. The number of ether oxygens (including phenoxy) is 1. The van der Waals surface area contributed by atoms with Crippen molar-refractivity contribution in [2.45, 2.75) is 6.92 Å². The summed E-state index contributed by atoms with van der Waals surface area (Å²) in [5.74, 6) is -0.0276. The van der Waals surface area contributed by atoms with E-state index in [4.69, 9.17) is 4.74 Å². The molecule has 1 N–H and O–H groups in total. The lowest BCUT2D eigenvalue weighted by atomic mass is 10.3. The van der Waals surface area contributed by atoms with Crippen molar-refractivity contribution in [2.24, 2.45) is 0 Å². The minimum absolute atomic E-state index is 0.302. The third-order valence-electron chi connectivity index (χ3n) is 1.52. The smallest absolute Gasteiger partial charge is 0.167 e. The van der Waals surface area contributed by atoms with Crippen molar-refractivity contribution in [1.29, 1.82) is 0 Å². The minimum atomic E-state index is -0.330. The van der Waals surface area contributed by atoms with Gasteiger partial charge in [0, 0.05) is 18.8 Å². The van der Waals surface area contributed by atoms with Crippen LogP contribution in [-0.2, 0) is 0 Å². The Morgan fingerprint density at radius 1 is 1.50 bits per heavy atom. The van der Waals surface area contributed by atoms with E-state index in [1.165, 1.54) is 6.07 Å². The standard InChI is InChI=1S/C9H12FNO/c1-3-12-9-5-4-7(11-2)6-8(9)10/h4-6,11H,3H2,1-2H3. The Kier molecular flexibility index (Phi) is 2.91. The molecule has 0 aliphatic carbocycles. The summed E-state index contributed by atoms with van der Waals surface area (Å²) in [6.07, 6.45) is 0. The molecule has 0 aliphatic rings. The van der Waals surface area contributed by atoms with Crippen molar-refractivity contribution in [2.75, 3.05) is 19.0 Å². The van der Waals surface area contributed by atoms with Crippen molar-refractivity contribution in [3.63, 3.8) is 0 Å². The van der Waals surface area contributed by atoms with Gasteiger partial charge in [-0.15, -0.1) is 0 Å². The summed E-state index contributed by atoms with van der Waals surface area (Å²) in [5.41, 5.74) is 0.746. The summed E-state index contributed by atoms with van der Waals surface area (Å²) in [5, 5.41) is 2.84. The summed E-state index contributed by atoms with van der Waals surface area (Å²) in [6.45, 7) is 2.31. The van der Waals surface area contributed by atoms with Crippen LogP contribution in [0.5, 0.6) is 5.75 Å². The normalized spacial score (nSPS) is 9.58. The molecule has 0 heterocycles. The van der Waals surface area contributed by atoms with E-state index in [1.807, 2.05) is 6.92 Å². The van der Waals surface area contributed by atoms with Crippen LogP contribution in [0.15, 0.2) is 18.2 Å². The van der Waals surface area contributed by atoms with Crippen LogP contribution >= 0.6 is 0 Å². The zero-order chi connectivity index (χ0) is 8.97. The van der Waals surface area contributed by atoms with E-state index in [1.54, 1.807) is 19.2 Å². The number of rotatable bonds is 3.